The molecule has 0 radical (unpaired) electrons. The summed E-state index contributed by atoms with van der Waals surface area (Å²) in [5.41, 5.74) is 6.44. The summed E-state index contributed by atoms with van der Waals surface area (Å²) in [4.78, 5) is 11.5. The lowest BCUT2D eigenvalue weighted by Gasteiger charge is -2.20. The highest BCUT2D eigenvalue weighted by Gasteiger charge is 2.16. The minimum Gasteiger partial charge on any atom is -0.496 e. The first-order chi connectivity index (χ1) is 8.33. The van der Waals surface area contributed by atoms with Crippen LogP contribution in [0.4, 0.5) is 10.5 Å². The van der Waals surface area contributed by atoms with Crippen molar-refractivity contribution >= 4 is 11.8 Å². The Balaban J connectivity index is 2.61. The highest BCUT2D eigenvalue weighted by Crippen LogP contribution is 2.24. The Morgan fingerprint density at radius 2 is 1.94 bits per heavy atom. The number of hydrogen-bond donors (Lipinski definition) is 2. The topological polar surface area (TPSA) is 59.6 Å². The van der Waals surface area contributed by atoms with Crippen molar-refractivity contribution in [2.24, 2.45) is 0 Å². The van der Waals surface area contributed by atoms with E-state index in [2.05, 4.69) is 10.9 Å². The van der Waals surface area contributed by atoms with Crippen molar-refractivity contribution in [3.63, 3.8) is 0 Å². The van der Waals surface area contributed by atoms with Crippen LogP contribution in [0.25, 0.3) is 0 Å². The highest BCUT2D eigenvalue weighted by molar-refractivity contribution is 5.70. The van der Waals surface area contributed by atoms with Crippen molar-refractivity contribution in [3.05, 3.63) is 23.8 Å². The van der Waals surface area contributed by atoms with Crippen LogP contribution < -0.4 is 15.6 Å². The lowest BCUT2D eigenvalue weighted by molar-refractivity contribution is 0.0541. The van der Waals surface area contributed by atoms with Crippen molar-refractivity contribution in [2.45, 2.75) is 33.3 Å². The van der Waals surface area contributed by atoms with E-state index in [0.29, 0.717) is 0 Å². The zero-order valence-corrected chi connectivity index (χ0v) is 11.5. The van der Waals surface area contributed by atoms with Gasteiger partial charge >= 0.3 is 6.09 Å². The summed E-state index contributed by atoms with van der Waals surface area (Å²) in [6.45, 7) is 7.33. The average molecular weight is 252 g/mol. The molecule has 100 valence electrons. The average Bonchev–Trinajstić information content (AvgIpc) is 2.25. The van der Waals surface area contributed by atoms with Gasteiger partial charge in [0.05, 0.1) is 12.8 Å². The van der Waals surface area contributed by atoms with E-state index in [4.69, 9.17) is 9.47 Å². The van der Waals surface area contributed by atoms with Crippen LogP contribution in [0.5, 0.6) is 5.75 Å². The number of hydrogen-bond acceptors (Lipinski definition) is 4. The fourth-order valence-electron chi connectivity index (χ4n) is 1.39. The number of anilines is 1. The summed E-state index contributed by atoms with van der Waals surface area (Å²) in [6.07, 6.45) is -0.523. The number of hydrazine groups is 1. The number of benzene rings is 1. The smallest absolute Gasteiger partial charge is 0.426 e. The van der Waals surface area contributed by atoms with Gasteiger partial charge in [-0.2, -0.15) is 0 Å². The van der Waals surface area contributed by atoms with Gasteiger partial charge in [-0.15, -0.1) is 0 Å². The summed E-state index contributed by atoms with van der Waals surface area (Å²) in [6, 6.07) is 5.54. The van der Waals surface area contributed by atoms with Crippen molar-refractivity contribution in [1.29, 1.82) is 0 Å². The van der Waals surface area contributed by atoms with Crippen molar-refractivity contribution in [3.8, 4) is 5.75 Å². The maximum atomic E-state index is 11.5. The van der Waals surface area contributed by atoms with Crippen LogP contribution in [0.15, 0.2) is 18.2 Å². The van der Waals surface area contributed by atoms with Gasteiger partial charge in [0.15, 0.2) is 0 Å². The first kappa shape index (κ1) is 14.2. The minimum atomic E-state index is -0.523. The van der Waals surface area contributed by atoms with Gasteiger partial charge in [-0.1, -0.05) is 6.07 Å². The molecule has 1 aromatic carbocycles. The molecule has 1 amide bonds. The highest BCUT2D eigenvalue weighted by atomic mass is 16.6. The Kier molecular flexibility index (Phi) is 4.42. The predicted octanol–water partition coefficient (Wildman–Crippen LogP) is 2.86. The van der Waals surface area contributed by atoms with Crippen LogP contribution >= 0.6 is 0 Å². The molecule has 0 atom stereocenters. The van der Waals surface area contributed by atoms with E-state index in [9.17, 15) is 4.79 Å². The number of nitrogens with one attached hydrogen (secondary N) is 2. The molecule has 1 aromatic rings. The number of methoxy groups -OCH3 is 1. The second-order valence-electron chi connectivity index (χ2n) is 4.88. The van der Waals surface area contributed by atoms with Crippen LogP contribution in [-0.4, -0.2) is 18.8 Å². The van der Waals surface area contributed by atoms with Gasteiger partial charge < -0.3 is 9.47 Å². The predicted molar refractivity (Wildman–Crippen MR) is 70.7 cm³/mol. The minimum absolute atomic E-state index is 0.519. The van der Waals surface area contributed by atoms with E-state index < -0.39 is 11.7 Å². The maximum Gasteiger partial charge on any atom is 0.426 e. The Hall–Kier alpha value is -1.91. The quantitative estimate of drug-likeness (QED) is 0.812. The number of ether oxygens (including phenoxy) is 2. The second kappa shape index (κ2) is 5.62. The van der Waals surface area contributed by atoms with Gasteiger partial charge in [-0.05, 0) is 39.8 Å². The molecule has 1 rings (SSSR count). The summed E-state index contributed by atoms with van der Waals surface area (Å²) >= 11 is 0. The molecule has 0 aromatic heterocycles. The number of rotatable bonds is 3. The van der Waals surface area contributed by atoms with Crippen LogP contribution in [0, 0.1) is 6.92 Å². The molecular weight excluding hydrogens is 232 g/mol. The third kappa shape index (κ3) is 4.16. The van der Waals surface area contributed by atoms with Gasteiger partial charge in [0, 0.05) is 5.56 Å². The van der Waals surface area contributed by atoms with E-state index >= 15 is 0 Å². The maximum absolute atomic E-state index is 11.5. The molecule has 0 spiro atoms. The Labute approximate surface area is 107 Å². The lowest BCUT2D eigenvalue weighted by atomic mass is 10.2. The van der Waals surface area contributed by atoms with Gasteiger partial charge in [0.25, 0.3) is 0 Å². The zero-order chi connectivity index (χ0) is 13.8. The van der Waals surface area contributed by atoms with E-state index in [1.165, 1.54) is 0 Å². The lowest BCUT2D eigenvalue weighted by Crippen LogP contribution is -2.36. The molecular formula is C13H20N2O3. The fourth-order valence-corrected chi connectivity index (χ4v) is 1.39. The largest absolute Gasteiger partial charge is 0.496 e. The molecule has 0 aliphatic rings. The van der Waals surface area contributed by atoms with E-state index in [-0.39, 0.29) is 0 Å². The van der Waals surface area contributed by atoms with Crippen molar-refractivity contribution < 1.29 is 14.3 Å². The monoisotopic (exact) mass is 252 g/mol. The summed E-state index contributed by atoms with van der Waals surface area (Å²) in [7, 11) is 1.60. The molecule has 0 saturated carbocycles. The van der Waals surface area contributed by atoms with Crippen LogP contribution in [0.3, 0.4) is 0 Å². The molecule has 0 bridgehead atoms. The molecule has 0 fully saturated rings. The molecule has 5 heteroatoms. The van der Waals surface area contributed by atoms with Gasteiger partial charge in [0.2, 0.25) is 0 Å². The molecule has 2 N–H and O–H groups in total. The molecule has 0 unspecified atom stereocenters. The van der Waals surface area contributed by atoms with Crippen molar-refractivity contribution in [1.82, 2.24) is 5.43 Å². The zero-order valence-electron chi connectivity index (χ0n) is 11.5. The number of amides is 1. The third-order valence-electron chi connectivity index (χ3n) is 2.20. The molecule has 0 heterocycles. The molecule has 0 aliphatic heterocycles. The van der Waals surface area contributed by atoms with Crippen molar-refractivity contribution in [2.75, 3.05) is 12.5 Å². The SMILES string of the molecule is COc1cccc(NNC(=O)OC(C)(C)C)c1C. The first-order valence-corrected chi connectivity index (χ1v) is 5.72. The first-order valence-electron chi connectivity index (χ1n) is 5.72. The van der Waals surface area contributed by atoms with E-state index in [1.54, 1.807) is 7.11 Å². The van der Waals surface area contributed by atoms with E-state index in [0.717, 1.165) is 17.0 Å². The number of carbonyl (C=O) groups is 1. The van der Waals surface area contributed by atoms with Gasteiger partial charge in [-0.3, -0.25) is 5.43 Å². The van der Waals surface area contributed by atoms with E-state index in [1.807, 2.05) is 45.9 Å². The Morgan fingerprint density at radius 1 is 1.28 bits per heavy atom. The third-order valence-corrected chi connectivity index (χ3v) is 2.20. The molecule has 0 aliphatic carbocycles. The van der Waals surface area contributed by atoms with Gasteiger partial charge in [-0.25, -0.2) is 10.2 Å². The Morgan fingerprint density at radius 3 is 2.50 bits per heavy atom. The normalized spacial score (nSPS) is 10.7. The summed E-state index contributed by atoms with van der Waals surface area (Å²) in [5.74, 6) is 0.756. The summed E-state index contributed by atoms with van der Waals surface area (Å²) in [5, 5.41) is 0. The fraction of sp³-hybridized carbons (Fsp3) is 0.462. The summed E-state index contributed by atoms with van der Waals surface area (Å²) < 4.78 is 10.3. The molecule has 0 saturated heterocycles. The van der Waals surface area contributed by atoms with Crippen LogP contribution in [0.2, 0.25) is 0 Å². The number of carbonyl (C=O) groups excluding carboxylic acids is 1. The van der Waals surface area contributed by atoms with Gasteiger partial charge in [0.1, 0.15) is 11.4 Å². The standard InChI is InChI=1S/C13H20N2O3/c1-9-10(7-6-8-11(9)17-5)14-15-12(16)18-13(2,3)4/h6-8,14H,1-5H3,(H,15,16). The molecule has 18 heavy (non-hydrogen) atoms. The second-order valence-corrected chi connectivity index (χ2v) is 4.88. The molecule has 5 nitrogen and oxygen atoms in total. The Bertz CT molecular complexity index is 425. The van der Waals surface area contributed by atoms with Crippen LogP contribution in [0.1, 0.15) is 26.3 Å². The van der Waals surface area contributed by atoms with Crippen LogP contribution in [-0.2, 0) is 4.74 Å².